The summed E-state index contributed by atoms with van der Waals surface area (Å²) in [5.74, 6) is -0.206. The average molecular weight is 840 g/mol. The molecular formula is C33H31N9O14P2. The van der Waals surface area contributed by atoms with Crippen LogP contribution in [-0.4, -0.2) is 104 Å². The number of aromatic nitrogens is 7. The first-order valence-corrected chi connectivity index (χ1v) is 20.5. The van der Waals surface area contributed by atoms with E-state index in [2.05, 4.69) is 24.9 Å². The van der Waals surface area contributed by atoms with Gasteiger partial charge in [0, 0.05) is 28.1 Å². The van der Waals surface area contributed by atoms with E-state index < -0.39 is 83.5 Å². The van der Waals surface area contributed by atoms with Crippen LogP contribution in [0.2, 0.25) is 0 Å². The number of hydrogen-bond acceptors (Lipinski definition) is 18. The van der Waals surface area contributed by atoms with Crippen molar-refractivity contribution in [2.24, 2.45) is 0 Å². The number of rotatable bonds is 3. The summed E-state index contributed by atoms with van der Waals surface area (Å²) >= 11 is 0. The number of anilines is 2. The standard InChI is InChI=1S/C33H31N9O14P2/c34-27-20-16(15-6-3-5-14-13-4-1-2-7-17(13)52-24(14)15)8-41(28(20)37-11-36-27)31-23(44)25-19(54-31)10-51-58(48,49)56-26-22(43)18(9-50-57(46,47)55-25)53-32(26)42-12-38-21-29(42)39-33(35)40-30(21)45/h1-8,11-12,18-19,22-23,25-26,31-32,43-44H,9-10H2,(H,46,47)(H,48,49)(H2,34,36,37)(H3,35,39,40,45)/t18-,19-,22-,23-,25-,26-,31-,32-/m1/s1. The number of aliphatic hydroxyl groups is 2. The molecule has 10 atom stereocenters. The Bertz CT molecular complexity index is 2930. The lowest BCUT2D eigenvalue weighted by Gasteiger charge is -2.25. The third-order valence-corrected chi connectivity index (χ3v) is 12.2. The van der Waals surface area contributed by atoms with Crippen LogP contribution in [0.25, 0.3) is 55.3 Å². The molecule has 0 saturated carbocycles. The Morgan fingerprint density at radius 1 is 0.793 bits per heavy atom. The first kappa shape index (κ1) is 37.2. The molecule has 3 aliphatic rings. The Morgan fingerprint density at radius 2 is 1.52 bits per heavy atom. The van der Waals surface area contributed by atoms with Crippen LogP contribution >= 0.6 is 15.6 Å². The molecule has 2 bridgehead atoms. The molecule has 0 radical (unpaired) electrons. The molecule has 0 amide bonds. The van der Waals surface area contributed by atoms with E-state index >= 15 is 0 Å². The zero-order valence-corrected chi connectivity index (χ0v) is 31.2. The molecule has 5 aromatic heterocycles. The third-order valence-electron chi connectivity index (χ3n) is 10.3. The van der Waals surface area contributed by atoms with E-state index in [4.69, 9.17) is 43.5 Å². The smallest absolute Gasteiger partial charge is 0.455 e. The number of hydrogen-bond donors (Lipinski definition) is 7. The molecule has 3 fully saturated rings. The number of phosphoric ester groups is 2. The lowest BCUT2D eigenvalue weighted by atomic mass is 10.0. The van der Waals surface area contributed by atoms with E-state index in [1.807, 2.05) is 42.5 Å². The molecule has 9 N–H and O–H groups in total. The molecule has 58 heavy (non-hydrogen) atoms. The van der Waals surface area contributed by atoms with Gasteiger partial charge in [-0.05, 0) is 6.07 Å². The number of phosphoric acid groups is 2. The van der Waals surface area contributed by atoms with Crippen LogP contribution in [0, 0.1) is 0 Å². The number of nitrogens with one attached hydrogen (secondary N) is 1. The van der Waals surface area contributed by atoms with E-state index in [1.54, 1.807) is 6.20 Å². The van der Waals surface area contributed by atoms with Crippen LogP contribution in [-0.2, 0) is 36.7 Å². The van der Waals surface area contributed by atoms with Crippen molar-refractivity contribution in [3.05, 3.63) is 71.7 Å². The Kier molecular flexibility index (Phi) is 8.62. The topological polar surface area (TPSA) is 330 Å². The fourth-order valence-electron chi connectivity index (χ4n) is 7.71. The van der Waals surface area contributed by atoms with Gasteiger partial charge in [0.15, 0.2) is 23.6 Å². The van der Waals surface area contributed by atoms with Gasteiger partial charge in [0.1, 0.15) is 65.6 Å². The van der Waals surface area contributed by atoms with Gasteiger partial charge < -0.3 is 49.9 Å². The number of nitrogens with two attached hydrogens (primary N) is 2. The number of nitrogen functional groups attached to an aromatic ring is 2. The number of fused-ring (bicyclic) bond motifs is 8. The minimum atomic E-state index is -5.20. The zero-order valence-electron chi connectivity index (χ0n) is 29.4. The maximum Gasteiger partial charge on any atom is 0.472 e. The van der Waals surface area contributed by atoms with Gasteiger partial charge in [0.2, 0.25) is 5.95 Å². The molecule has 0 spiro atoms. The van der Waals surface area contributed by atoms with E-state index in [0.717, 1.165) is 21.7 Å². The Morgan fingerprint density at radius 3 is 2.33 bits per heavy atom. The molecule has 8 heterocycles. The quantitative estimate of drug-likeness (QED) is 0.125. The maximum absolute atomic E-state index is 13.6. The summed E-state index contributed by atoms with van der Waals surface area (Å²) in [5, 5.41) is 25.0. The van der Waals surface area contributed by atoms with Crippen molar-refractivity contribution < 1.29 is 61.1 Å². The maximum atomic E-state index is 13.6. The fourth-order valence-corrected chi connectivity index (χ4v) is 9.60. The van der Waals surface area contributed by atoms with Crippen molar-refractivity contribution in [1.29, 1.82) is 0 Å². The van der Waals surface area contributed by atoms with E-state index in [0.29, 0.717) is 27.7 Å². The van der Waals surface area contributed by atoms with Gasteiger partial charge in [-0.3, -0.25) is 32.4 Å². The normalized spacial score (nSPS) is 32.1. The average Bonchev–Trinajstić information content (AvgIpc) is 3.99. The predicted octanol–water partition coefficient (Wildman–Crippen LogP) is 1.83. The second-order valence-electron chi connectivity index (χ2n) is 13.7. The lowest BCUT2D eigenvalue weighted by molar-refractivity contribution is -0.0671. The minimum absolute atomic E-state index is 0.0835. The first-order chi connectivity index (χ1) is 27.8. The number of imidazole rings is 1. The minimum Gasteiger partial charge on any atom is -0.455 e. The number of aliphatic hydroxyl groups excluding tert-OH is 2. The molecule has 2 unspecified atom stereocenters. The summed E-state index contributed by atoms with van der Waals surface area (Å²) in [6.07, 6.45) is -9.15. The number of aromatic amines is 1. The second-order valence-corrected chi connectivity index (χ2v) is 16.6. The largest absolute Gasteiger partial charge is 0.472 e. The number of nitrogens with zero attached hydrogens (tertiary/aromatic N) is 6. The predicted molar refractivity (Wildman–Crippen MR) is 198 cm³/mol. The lowest BCUT2D eigenvalue weighted by Crippen LogP contribution is -2.36. The molecule has 23 nitrogen and oxygen atoms in total. The summed E-state index contributed by atoms with van der Waals surface area (Å²) in [6.45, 7) is -1.70. The summed E-state index contributed by atoms with van der Waals surface area (Å²) in [4.78, 5) is 53.3. The summed E-state index contributed by atoms with van der Waals surface area (Å²) in [6, 6.07) is 13.1. The number of furan rings is 1. The highest BCUT2D eigenvalue weighted by atomic mass is 31.2. The third kappa shape index (κ3) is 6.03. The number of para-hydroxylation sites is 2. The van der Waals surface area contributed by atoms with Crippen LogP contribution < -0.4 is 17.0 Å². The van der Waals surface area contributed by atoms with Crippen molar-refractivity contribution in [1.82, 2.24) is 34.1 Å². The molecule has 0 aliphatic carbocycles. The van der Waals surface area contributed by atoms with Crippen LogP contribution in [0.4, 0.5) is 11.8 Å². The van der Waals surface area contributed by atoms with Gasteiger partial charge in [-0.25, -0.2) is 24.1 Å². The molecule has 3 aliphatic heterocycles. The summed E-state index contributed by atoms with van der Waals surface area (Å²) in [5.41, 5.74) is 13.6. The molecular weight excluding hydrogens is 808 g/mol. The van der Waals surface area contributed by atoms with Crippen LogP contribution in [0.5, 0.6) is 0 Å². The Balaban J connectivity index is 1.00. The highest BCUT2D eigenvalue weighted by Crippen LogP contribution is 2.54. The van der Waals surface area contributed by atoms with Crippen LogP contribution in [0.1, 0.15) is 12.5 Å². The SMILES string of the molecule is Nc1nc2c(ncn2[C@@H]2O[C@@H]3COP(=O)(O)O[C@H]4[C@@H](O)[C@H](n5cc(-c6cccc7c6oc6ccccc67)c6c(N)ncnc65)O[C@@H]4COP(=O)(O)O[C@@H]2[C@@H]3O)c(=O)[nH]1. The molecule has 10 rings (SSSR count). The van der Waals surface area contributed by atoms with Gasteiger partial charge in [-0.1, -0.05) is 36.4 Å². The summed E-state index contributed by atoms with van der Waals surface area (Å²) < 4.78 is 69.4. The van der Waals surface area contributed by atoms with E-state index in [9.17, 15) is 33.9 Å². The number of benzene rings is 2. The van der Waals surface area contributed by atoms with E-state index in [-0.39, 0.29) is 28.6 Å². The Hall–Kier alpha value is -5.13. The highest BCUT2D eigenvalue weighted by molar-refractivity contribution is 7.47. The van der Waals surface area contributed by atoms with Gasteiger partial charge in [-0.2, -0.15) is 4.98 Å². The van der Waals surface area contributed by atoms with Gasteiger partial charge in [-0.15, -0.1) is 0 Å². The van der Waals surface area contributed by atoms with Gasteiger partial charge in [0.05, 0.1) is 24.9 Å². The van der Waals surface area contributed by atoms with Crippen LogP contribution in [0.15, 0.2) is 70.5 Å². The van der Waals surface area contributed by atoms with Crippen molar-refractivity contribution >= 4 is 71.5 Å². The monoisotopic (exact) mass is 839 g/mol. The molecule has 2 aromatic carbocycles. The van der Waals surface area contributed by atoms with Crippen molar-refractivity contribution in [3.8, 4) is 11.1 Å². The van der Waals surface area contributed by atoms with E-state index in [1.165, 1.54) is 10.9 Å². The zero-order chi connectivity index (χ0) is 40.2. The van der Waals surface area contributed by atoms with Crippen molar-refractivity contribution in [3.63, 3.8) is 0 Å². The number of ether oxygens (including phenoxy) is 2. The molecule has 7 aromatic rings. The fraction of sp³-hybridized carbons (Fsp3) is 0.303. The van der Waals surface area contributed by atoms with Gasteiger partial charge in [0.25, 0.3) is 5.56 Å². The first-order valence-electron chi connectivity index (χ1n) is 17.5. The van der Waals surface area contributed by atoms with Gasteiger partial charge >= 0.3 is 15.6 Å². The molecule has 3 saturated heterocycles. The molecule has 302 valence electrons. The molecule has 25 heteroatoms. The van der Waals surface area contributed by atoms with Crippen molar-refractivity contribution in [2.75, 3.05) is 24.7 Å². The number of H-pyrrole nitrogens is 1. The summed E-state index contributed by atoms with van der Waals surface area (Å²) in [7, 11) is -10.4. The second kappa shape index (κ2) is 13.5. The van der Waals surface area contributed by atoms with Crippen molar-refractivity contribution in [2.45, 2.75) is 49.1 Å². The Labute approximate surface area is 322 Å². The van der Waals surface area contributed by atoms with Crippen LogP contribution in [0.3, 0.4) is 0 Å². The highest BCUT2D eigenvalue weighted by Gasteiger charge is 2.54.